The number of nitrogens with one attached hydrogen (secondary N) is 1. The van der Waals surface area contributed by atoms with Gasteiger partial charge in [-0.2, -0.15) is 5.10 Å². The van der Waals surface area contributed by atoms with Crippen LogP contribution in [-0.4, -0.2) is 64.5 Å². The number of nitrogens with zero attached hydrogens (tertiary/aromatic N) is 4. The smallest absolute Gasteiger partial charge is 0.0892 e. The van der Waals surface area contributed by atoms with Crippen molar-refractivity contribution in [2.45, 2.75) is 44.1 Å². The SMILES string of the molecule is CN(C)[C@]1(c2ccccc2)CCN(Cc2cc3n(n2)CCCNC3)C[C@H]1O.Cl.Cl. The Balaban J connectivity index is 0.00000150. The minimum Gasteiger partial charge on any atom is -0.389 e. The largest absolute Gasteiger partial charge is 0.389 e. The van der Waals surface area contributed by atoms with Crippen molar-refractivity contribution in [3.63, 3.8) is 0 Å². The molecule has 1 aromatic heterocycles. The molecule has 0 amide bonds. The van der Waals surface area contributed by atoms with Crippen LogP contribution in [0.2, 0.25) is 0 Å². The molecule has 0 bridgehead atoms. The predicted octanol–water partition coefficient (Wildman–Crippen LogP) is 2.24. The second-order valence-corrected chi connectivity index (χ2v) is 8.07. The molecule has 0 spiro atoms. The van der Waals surface area contributed by atoms with Gasteiger partial charge in [-0.1, -0.05) is 30.3 Å². The maximum Gasteiger partial charge on any atom is 0.0892 e. The molecule has 6 nitrogen and oxygen atoms in total. The van der Waals surface area contributed by atoms with Crippen molar-refractivity contribution < 1.29 is 5.11 Å². The number of rotatable bonds is 4. The van der Waals surface area contributed by atoms with Gasteiger partial charge in [-0.05, 0) is 45.1 Å². The van der Waals surface area contributed by atoms with E-state index in [9.17, 15) is 5.11 Å². The number of likely N-dealkylation sites (N-methyl/N-ethyl adjacent to an activating group) is 1. The molecule has 4 rings (SSSR count). The fourth-order valence-electron chi connectivity index (χ4n) is 4.70. The van der Waals surface area contributed by atoms with Crippen molar-refractivity contribution in [3.8, 4) is 0 Å². The Labute approximate surface area is 186 Å². The van der Waals surface area contributed by atoms with Crippen LogP contribution in [0.15, 0.2) is 36.4 Å². The molecule has 3 heterocycles. The van der Waals surface area contributed by atoms with Crippen molar-refractivity contribution in [1.82, 2.24) is 24.9 Å². The summed E-state index contributed by atoms with van der Waals surface area (Å²) in [6, 6.07) is 12.6. The number of β-amino-alcohol motifs (C(OH)–C–C–N with tert-alkyl or cyclic N) is 1. The van der Waals surface area contributed by atoms with Crippen LogP contribution in [-0.2, 0) is 25.2 Å². The van der Waals surface area contributed by atoms with E-state index in [0.29, 0.717) is 6.54 Å². The topological polar surface area (TPSA) is 56.6 Å². The van der Waals surface area contributed by atoms with Gasteiger partial charge in [0.1, 0.15) is 0 Å². The molecule has 2 aliphatic rings. The third kappa shape index (κ3) is 4.79. The molecule has 1 aromatic carbocycles. The van der Waals surface area contributed by atoms with Crippen LogP contribution in [0.1, 0.15) is 29.8 Å². The van der Waals surface area contributed by atoms with Crippen LogP contribution in [0.3, 0.4) is 0 Å². The summed E-state index contributed by atoms with van der Waals surface area (Å²) in [7, 11) is 4.15. The van der Waals surface area contributed by atoms with E-state index < -0.39 is 6.10 Å². The Morgan fingerprint density at radius 1 is 1.21 bits per heavy atom. The lowest BCUT2D eigenvalue weighted by Crippen LogP contribution is -2.59. The summed E-state index contributed by atoms with van der Waals surface area (Å²) in [6.07, 6.45) is 1.59. The Morgan fingerprint density at radius 2 is 1.97 bits per heavy atom. The highest BCUT2D eigenvalue weighted by Crippen LogP contribution is 2.37. The number of aryl methyl sites for hydroxylation is 1. The minimum absolute atomic E-state index is 0. The highest BCUT2D eigenvalue weighted by Gasteiger charge is 2.45. The standard InChI is InChI=1S/C21H31N5O.2ClH/c1-24(2)21(17-7-4-3-5-8-17)9-12-25(16-20(21)27)15-18-13-19-14-22-10-6-11-26(19)23-18;;/h3-5,7-8,13,20,22,27H,6,9-12,14-16H2,1-2H3;2*1H/t20-,21+;;/m1../s1. The third-order valence-corrected chi connectivity index (χ3v) is 6.19. The Bertz CT molecular complexity index is 746. The Kier molecular flexibility index (Phi) is 8.52. The van der Waals surface area contributed by atoms with Gasteiger partial charge in [0.2, 0.25) is 0 Å². The number of hydrogen-bond acceptors (Lipinski definition) is 5. The number of hydrogen-bond donors (Lipinski definition) is 2. The summed E-state index contributed by atoms with van der Waals surface area (Å²) < 4.78 is 2.14. The molecule has 8 heteroatoms. The molecule has 1 saturated heterocycles. The van der Waals surface area contributed by atoms with E-state index >= 15 is 0 Å². The first kappa shape index (κ1) is 24.1. The fraction of sp³-hybridized carbons (Fsp3) is 0.571. The second kappa shape index (κ2) is 10.2. The first-order valence-electron chi connectivity index (χ1n) is 9.99. The van der Waals surface area contributed by atoms with Gasteiger partial charge in [-0.15, -0.1) is 24.8 Å². The van der Waals surface area contributed by atoms with Gasteiger partial charge >= 0.3 is 0 Å². The van der Waals surface area contributed by atoms with Gasteiger partial charge in [0.15, 0.2) is 0 Å². The first-order chi connectivity index (χ1) is 13.1. The number of halogens is 2. The van der Waals surface area contributed by atoms with Gasteiger partial charge in [-0.25, -0.2) is 0 Å². The lowest BCUT2D eigenvalue weighted by molar-refractivity contribution is -0.0705. The Hall–Kier alpha value is -1.15. The molecule has 1 fully saturated rings. The summed E-state index contributed by atoms with van der Waals surface area (Å²) in [5, 5.41) is 19.4. The molecule has 2 aliphatic heterocycles. The molecule has 2 aromatic rings. The average Bonchev–Trinajstić information content (AvgIpc) is 2.90. The lowest BCUT2D eigenvalue weighted by Gasteiger charge is -2.49. The van der Waals surface area contributed by atoms with E-state index in [1.807, 2.05) is 6.07 Å². The molecule has 0 saturated carbocycles. The quantitative estimate of drug-likeness (QED) is 0.761. The van der Waals surface area contributed by atoms with Crippen molar-refractivity contribution in [2.75, 3.05) is 33.7 Å². The van der Waals surface area contributed by atoms with Crippen molar-refractivity contribution in [3.05, 3.63) is 53.3 Å². The van der Waals surface area contributed by atoms with Crippen LogP contribution in [0.25, 0.3) is 0 Å². The Morgan fingerprint density at radius 3 is 2.66 bits per heavy atom. The van der Waals surface area contributed by atoms with E-state index in [0.717, 1.165) is 51.3 Å². The van der Waals surface area contributed by atoms with Gasteiger partial charge in [-0.3, -0.25) is 14.5 Å². The number of aromatic nitrogens is 2. The van der Waals surface area contributed by atoms with Crippen molar-refractivity contribution >= 4 is 24.8 Å². The molecule has 0 radical (unpaired) electrons. The monoisotopic (exact) mass is 441 g/mol. The maximum atomic E-state index is 11.2. The molecule has 0 aliphatic carbocycles. The van der Waals surface area contributed by atoms with E-state index in [-0.39, 0.29) is 30.4 Å². The van der Waals surface area contributed by atoms with E-state index in [4.69, 9.17) is 5.10 Å². The number of aliphatic hydroxyl groups is 1. The summed E-state index contributed by atoms with van der Waals surface area (Å²) in [5.74, 6) is 0. The van der Waals surface area contributed by atoms with Crippen LogP contribution >= 0.6 is 24.8 Å². The summed E-state index contributed by atoms with van der Waals surface area (Å²) in [4.78, 5) is 4.53. The van der Waals surface area contributed by atoms with Crippen molar-refractivity contribution in [2.24, 2.45) is 0 Å². The molecule has 0 unspecified atom stereocenters. The van der Waals surface area contributed by atoms with E-state index in [1.54, 1.807) is 0 Å². The molecule has 2 N–H and O–H groups in total. The van der Waals surface area contributed by atoms with E-state index in [2.05, 4.69) is 64.2 Å². The van der Waals surface area contributed by atoms with Crippen LogP contribution in [0.5, 0.6) is 0 Å². The normalized spacial score (nSPS) is 24.9. The summed E-state index contributed by atoms with van der Waals surface area (Å²) >= 11 is 0. The summed E-state index contributed by atoms with van der Waals surface area (Å²) in [5.41, 5.74) is 3.25. The van der Waals surface area contributed by atoms with Gasteiger partial charge < -0.3 is 10.4 Å². The highest BCUT2D eigenvalue weighted by atomic mass is 35.5. The number of aliphatic hydroxyl groups excluding tert-OH is 1. The van der Waals surface area contributed by atoms with Crippen LogP contribution in [0, 0.1) is 0 Å². The van der Waals surface area contributed by atoms with Crippen LogP contribution < -0.4 is 5.32 Å². The minimum atomic E-state index is -0.439. The highest BCUT2D eigenvalue weighted by molar-refractivity contribution is 5.85. The third-order valence-electron chi connectivity index (χ3n) is 6.19. The predicted molar refractivity (Wildman–Crippen MR) is 121 cm³/mol. The molecular weight excluding hydrogens is 409 g/mol. The molecule has 162 valence electrons. The van der Waals surface area contributed by atoms with Gasteiger partial charge in [0.25, 0.3) is 0 Å². The number of likely N-dealkylation sites (tertiary alicyclic amines) is 1. The zero-order valence-corrected chi connectivity index (χ0v) is 18.9. The molecule has 2 atom stereocenters. The number of piperidine rings is 1. The van der Waals surface area contributed by atoms with Crippen LogP contribution in [0.4, 0.5) is 0 Å². The van der Waals surface area contributed by atoms with E-state index in [1.165, 1.54) is 11.3 Å². The number of fused-ring (bicyclic) bond motifs is 1. The fourth-order valence-corrected chi connectivity index (χ4v) is 4.70. The first-order valence-corrected chi connectivity index (χ1v) is 9.99. The second-order valence-electron chi connectivity index (χ2n) is 8.07. The molecule has 29 heavy (non-hydrogen) atoms. The zero-order chi connectivity index (χ0) is 18.9. The van der Waals surface area contributed by atoms with Gasteiger partial charge in [0, 0.05) is 32.7 Å². The summed E-state index contributed by atoms with van der Waals surface area (Å²) in [6.45, 7) is 5.35. The van der Waals surface area contributed by atoms with Gasteiger partial charge in [0.05, 0.1) is 23.0 Å². The molecular formula is C21H33Cl2N5O. The van der Waals surface area contributed by atoms with Crippen molar-refractivity contribution in [1.29, 1.82) is 0 Å². The lowest BCUT2D eigenvalue weighted by atomic mass is 9.77. The maximum absolute atomic E-state index is 11.2. The zero-order valence-electron chi connectivity index (χ0n) is 17.3. The number of benzene rings is 1. The average molecular weight is 442 g/mol.